The molecule has 0 aliphatic carbocycles. The van der Waals surface area contributed by atoms with Gasteiger partial charge in [0.15, 0.2) is 0 Å². The first kappa shape index (κ1) is 27.2. The summed E-state index contributed by atoms with van der Waals surface area (Å²) in [5.41, 5.74) is 6.26. The summed E-state index contributed by atoms with van der Waals surface area (Å²) in [4.78, 5) is 26.8. The molecule has 2 fully saturated rings. The van der Waals surface area contributed by atoms with Crippen molar-refractivity contribution in [3.8, 4) is 0 Å². The van der Waals surface area contributed by atoms with E-state index >= 15 is 0 Å². The SMILES string of the molecule is N=Cc1cc(/C=C2\SC(=O)N(CC3(N)CCOCC3)C2=O)ccc1NCc1ccc(Cl)cc1C(F)(F)F. The van der Waals surface area contributed by atoms with Crippen LogP contribution in [-0.4, -0.2) is 47.6 Å². The van der Waals surface area contributed by atoms with Crippen LogP contribution in [0.15, 0.2) is 41.3 Å². The number of halogens is 4. The molecule has 4 rings (SSSR count). The Morgan fingerprint density at radius 2 is 1.92 bits per heavy atom. The average molecular weight is 553 g/mol. The summed E-state index contributed by atoms with van der Waals surface area (Å²) in [6.07, 6.45) is -0.860. The molecule has 0 radical (unpaired) electrons. The van der Waals surface area contributed by atoms with Crippen LogP contribution in [0.25, 0.3) is 6.08 Å². The van der Waals surface area contributed by atoms with E-state index in [1.165, 1.54) is 12.1 Å². The average Bonchev–Trinajstić information content (AvgIpc) is 3.10. The second-order valence-electron chi connectivity index (χ2n) is 8.89. The molecule has 2 saturated heterocycles. The maximum absolute atomic E-state index is 13.4. The highest BCUT2D eigenvalue weighted by atomic mass is 35.5. The van der Waals surface area contributed by atoms with E-state index in [1.54, 1.807) is 24.3 Å². The van der Waals surface area contributed by atoms with Gasteiger partial charge < -0.3 is 21.2 Å². The largest absolute Gasteiger partial charge is 0.416 e. The van der Waals surface area contributed by atoms with Crippen LogP contribution >= 0.6 is 23.4 Å². The predicted octanol–water partition coefficient (Wildman–Crippen LogP) is 5.51. The molecule has 7 nitrogen and oxygen atoms in total. The van der Waals surface area contributed by atoms with Crippen molar-refractivity contribution in [2.45, 2.75) is 31.1 Å². The normalized spacial score (nSPS) is 18.9. The lowest BCUT2D eigenvalue weighted by Crippen LogP contribution is -2.54. The second-order valence-corrected chi connectivity index (χ2v) is 10.3. The highest BCUT2D eigenvalue weighted by molar-refractivity contribution is 8.18. The molecule has 2 aliphatic heterocycles. The lowest BCUT2D eigenvalue weighted by Gasteiger charge is -2.35. The maximum atomic E-state index is 13.4. The number of ether oxygens (including phenoxy) is 1. The zero-order valence-corrected chi connectivity index (χ0v) is 21.1. The third-order valence-corrected chi connectivity index (χ3v) is 7.35. The van der Waals surface area contributed by atoms with Crippen molar-refractivity contribution >= 4 is 52.5 Å². The van der Waals surface area contributed by atoms with Crippen LogP contribution in [-0.2, 0) is 22.3 Å². The number of anilines is 1. The van der Waals surface area contributed by atoms with Crippen LogP contribution in [0, 0.1) is 5.41 Å². The minimum Gasteiger partial charge on any atom is -0.381 e. The number of hydrogen-bond donors (Lipinski definition) is 3. The van der Waals surface area contributed by atoms with E-state index in [-0.39, 0.29) is 28.6 Å². The molecule has 2 heterocycles. The zero-order valence-electron chi connectivity index (χ0n) is 19.5. The van der Waals surface area contributed by atoms with Crippen LogP contribution < -0.4 is 11.1 Å². The smallest absolute Gasteiger partial charge is 0.381 e. The molecule has 2 aromatic carbocycles. The van der Waals surface area contributed by atoms with Gasteiger partial charge >= 0.3 is 6.18 Å². The van der Waals surface area contributed by atoms with E-state index in [9.17, 15) is 22.8 Å². The van der Waals surface area contributed by atoms with Gasteiger partial charge in [0.1, 0.15) is 0 Å². The Labute approximate surface area is 220 Å². The first-order valence-corrected chi connectivity index (χ1v) is 12.5. The van der Waals surface area contributed by atoms with E-state index in [2.05, 4.69) is 5.32 Å². The topological polar surface area (TPSA) is 109 Å². The van der Waals surface area contributed by atoms with Crippen LogP contribution in [0.3, 0.4) is 0 Å². The van der Waals surface area contributed by atoms with E-state index in [1.807, 2.05) is 0 Å². The lowest BCUT2D eigenvalue weighted by atomic mass is 9.91. The summed E-state index contributed by atoms with van der Waals surface area (Å²) < 4.78 is 45.5. The van der Waals surface area contributed by atoms with Crippen molar-refractivity contribution in [3.63, 3.8) is 0 Å². The quantitative estimate of drug-likeness (QED) is 0.309. The van der Waals surface area contributed by atoms with E-state index in [4.69, 9.17) is 27.5 Å². The van der Waals surface area contributed by atoms with E-state index in [0.29, 0.717) is 42.9 Å². The number of benzene rings is 2. The third kappa shape index (κ3) is 6.35. The first-order chi connectivity index (χ1) is 17.5. The Bertz CT molecular complexity index is 1260. The molecule has 0 unspecified atom stereocenters. The molecule has 2 aliphatic rings. The van der Waals surface area contributed by atoms with Gasteiger partial charge in [-0.3, -0.25) is 14.5 Å². The second kappa shape index (κ2) is 10.9. The molecule has 0 spiro atoms. The van der Waals surface area contributed by atoms with Crippen molar-refractivity contribution < 1.29 is 27.5 Å². The van der Waals surface area contributed by atoms with Gasteiger partial charge in [0.2, 0.25) is 0 Å². The molecule has 37 heavy (non-hydrogen) atoms. The number of nitrogens with two attached hydrogens (primary N) is 1. The van der Waals surface area contributed by atoms with Crippen LogP contribution in [0.2, 0.25) is 5.02 Å². The molecule has 12 heteroatoms. The molecular formula is C25H24ClF3N4O3S. The maximum Gasteiger partial charge on any atom is 0.416 e. The van der Waals surface area contributed by atoms with Crippen LogP contribution in [0.4, 0.5) is 23.7 Å². The Kier molecular flexibility index (Phi) is 7.98. The molecular weight excluding hydrogens is 529 g/mol. The Hall–Kier alpha value is -2.86. The van der Waals surface area contributed by atoms with Gasteiger partial charge in [-0.05, 0) is 66.1 Å². The predicted molar refractivity (Wildman–Crippen MR) is 138 cm³/mol. The fourth-order valence-corrected chi connectivity index (χ4v) is 5.16. The third-order valence-electron chi connectivity index (χ3n) is 6.21. The fraction of sp³-hybridized carbons (Fsp3) is 0.320. The summed E-state index contributed by atoms with van der Waals surface area (Å²) in [5, 5.41) is 10.3. The van der Waals surface area contributed by atoms with Crippen molar-refractivity contribution in [3.05, 3.63) is 68.6 Å². The standard InChI is InChI=1S/C25H24ClF3N4O3S/c26-18-3-2-16(19(11-18)25(27,28)29)13-32-20-4-1-15(9-17(20)12-30)10-21-22(34)33(23(35)37-21)14-24(31)5-7-36-8-6-24/h1-4,9-12,30,32H,5-8,13-14,31H2/b21-10-,30-12?. The number of thioether (sulfide) groups is 1. The number of amides is 2. The zero-order chi connectivity index (χ0) is 26.8. The van der Waals surface area contributed by atoms with Gasteiger partial charge in [-0.15, -0.1) is 0 Å². The minimum absolute atomic E-state index is 0.00721. The first-order valence-electron chi connectivity index (χ1n) is 11.4. The number of carbonyl (C=O) groups is 2. The Morgan fingerprint density at radius 3 is 2.59 bits per heavy atom. The number of imide groups is 1. The van der Waals surface area contributed by atoms with Crippen molar-refractivity contribution in [2.75, 3.05) is 25.1 Å². The molecule has 0 aromatic heterocycles. The molecule has 4 N–H and O–H groups in total. The number of rotatable bonds is 7. The minimum atomic E-state index is -4.56. The van der Waals surface area contributed by atoms with Gasteiger partial charge in [0.05, 0.1) is 10.5 Å². The van der Waals surface area contributed by atoms with Crippen molar-refractivity contribution in [1.29, 1.82) is 5.41 Å². The van der Waals surface area contributed by atoms with E-state index < -0.39 is 28.4 Å². The molecule has 0 saturated carbocycles. The summed E-state index contributed by atoms with van der Waals surface area (Å²) in [6, 6.07) is 8.43. The van der Waals surface area contributed by atoms with Crippen LogP contribution in [0.1, 0.15) is 35.1 Å². The number of nitrogens with one attached hydrogen (secondary N) is 2. The van der Waals surface area contributed by atoms with Crippen LogP contribution in [0.5, 0.6) is 0 Å². The fourth-order valence-electron chi connectivity index (χ4n) is 4.15. The van der Waals surface area contributed by atoms with Gasteiger partial charge in [-0.2, -0.15) is 13.2 Å². The lowest BCUT2D eigenvalue weighted by molar-refractivity contribution is -0.138. The summed E-state index contributed by atoms with van der Waals surface area (Å²) in [6.45, 7) is 0.921. The number of nitrogens with zero attached hydrogens (tertiary/aromatic N) is 1. The van der Waals surface area contributed by atoms with Crippen molar-refractivity contribution in [1.82, 2.24) is 4.90 Å². The monoisotopic (exact) mass is 552 g/mol. The van der Waals surface area contributed by atoms with Gasteiger partial charge in [-0.25, -0.2) is 0 Å². The summed E-state index contributed by atoms with van der Waals surface area (Å²) in [5.74, 6) is -0.438. The number of carbonyl (C=O) groups excluding carboxylic acids is 2. The van der Waals surface area contributed by atoms with Gasteiger partial charge in [-0.1, -0.05) is 23.7 Å². The Balaban J connectivity index is 1.49. The molecule has 0 atom stereocenters. The Morgan fingerprint density at radius 1 is 1.19 bits per heavy atom. The highest BCUT2D eigenvalue weighted by Crippen LogP contribution is 2.36. The van der Waals surface area contributed by atoms with Gasteiger partial charge in [0, 0.05) is 54.3 Å². The highest BCUT2D eigenvalue weighted by Gasteiger charge is 2.41. The molecule has 196 valence electrons. The van der Waals surface area contributed by atoms with Crippen molar-refractivity contribution in [2.24, 2.45) is 5.73 Å². The molecule has 0 bridgehead atoms. The number of alkyl halides is 3. The van der Waals surface area contributed by atoms with Gasteiger partial charge in [0.25, 0.3) is 11.1 Å². The molecule has 2 amide bonds. The summed E-state index contributed by atoms with van der Waals surface area (Å²) >= 11 is 6.56. The molecule has 2 aromatic rings. The summed E-state index contributed by atoms with van der Waals surface area (Å²) in [7, 11) is 0. The number of hydrogen-bond acceptors (Lipinski definition) is 7. The van der Waals surface area contributed by atoms with E-state index in [0.717, 1.165) is 28.9 Å².